The first-order chi connectivity index (χ1) is 16.0. The van der Waals surface area contributed by atoms with Crippen LogP contribution in [0.4, 0.5) is 0 Å². The Morgan fingerprint density at radius 2 is 1.79 bits per heavy atom. The van der Waals surface area contributed by atoms with Crippen molar-refractivity contribution in [3.8, 4) is 11.3 Å². The van der Waals surface area contributed by atoms with Crippen LogP contribution in [0.15, 0.2) is 86.7 Å². The Hall–Kier alpha value is -4.65. The summed E-state index contributed by atoms with van der Waals surface area (Å²) in [4.78, 5) is 23.7. The molecule has 7 nitrogen and oxygen atoms in total. The van der Waals surface area contributed by atoms with Crippen LogP contribution in [-0.2, 0) is 0 Å². The fourth-order valence-corrected chi connectivity index (χ4v) is 3.75. The summed E-state index contributed by atoms with van der Waals surface area (Å²) < 4.78 is 11.4. The van der Waals surface area contributed by atoms with Gasteiger partial charge in [0.1, 0.15) is 17.1 Å². The molecule has 0 aliphatic rings. The number of carboxylic acids is 1. The van der Waals surface area contributed by atoms with Gasteiger partial charge in [-0.3, -0.25) is 4.79 Å². The molecule has 0 atom stereocenters. The Morgan fingerprint density at radius 3 is 2.61 bits per heavy atom. The van der Waals surface area contributed by atoms with Crippen molar-refractivity contribution in [3.05, 3.63) is 95.4 Å². The summed E-state index contributed by atoms with van der Waals surface area (Å²) >= 11 is 0. The van der Waals surface area contributed by atoms with E-state index < -0.39 is 11.9 Å². The maximum atomic E-state index is 12.5. The number of amides is 1. The molecule has 33 heavy (non-hydrogen) atoms. The van der Waals surface area contributed by atoms with Crippen molar-refractivity contribution < 1.29 is 23.5 Å². The monoisotopic (exact) mass is 438 g/mol. The van der Waals surface area contributed by atoms with Crippen LogP contribution in [0.2, 0.25) is 0 Å². The molecule has 5 aromatic rings. The molecule has 2 heterocycles. The van der Waals surface area contributed by atoms with E-state index in [9.17, 15) is 9.59 Å². The zero-order chi connectivity index (χ0) is 22.9. The number of nitrogens with one attached hydrogen (secondary N) is 1. The van der Waals surface area contributed by atoms with Crippen LogP contribution in [0.1, 0.15) is 32.2 Å². The quantitative estimate of drug-likeness (QED) is 0.274. The molecule has 0 unspecified atom stereocenters. The van der Waals surface area contributed by atoms with Gasteiger partial charge in [-0.15, -0.1) is 0 Å². The van der Waals surface area contributed by atoms with E-state index >= 15 is 0 Å². The number of rotatable bonds is 5. The summed E-state index contributed by atoms with van der Waals surface area (Å²) in [7, 11) is 0. The number of hydrogen-bond donors (Lipinski definition) is 2. The molecular formula is C26H18N2O5. The Bertz CT molecular complexity index is 1560. The molecule has 0 aliphatic heterocycles. The van der Waals surface area contributed by atoms with Crippen molar-refractivity contribution in [1.29, 1.82) is 0 Å². The molecule has 0 fully saturated rings. The number of furan rings is 2. The number of hydrogen-bond acceptors (Lipinski definition) is 5. The van der Waals surface area contributed by atoms with E-state index in [4.69, 9.17) is 13.9 Å². The third-order valence-corrected chi connectivity index (χ3v) is 5.38. The van der Waals surface area contributed by atoms with Gasteiger partial charge in [-0.1, -0.05) is 36.4 Å². The van der Waals surface area contributed by atoms with Crippen molar-refractivity contribution in [2.45, 2.75) is 6.92 Å². The molecule has 5 rings (SSSR count). The maximum Gasteiger partial charge on any atom is 0.335 e. The maximum absolute atomic E-state index is 12.5. The van der Waals surface area contributed by atoms with Gasteiger partial charge in [-0.25, -0.2) is 10.2 Å². The molecule has 2 N–H and O–H groups in total. The van der Waals surface area contributed by atoms with Crippen LogP contribution in [0, 0.1) is 6.92 Å². The molecule has 0 saturated carbocycles. The second-order valence-electron chi connectivity index (χ2n) is 7.55. The molecule has 7 heteroatoms. The Morgan fingerprint density at radius 1 is 0.939 bits per heavy atom. The van der Waals surface area contributed by atoms with Crippen LogP contribution in [0.5, 0.6) is 0 Å². The van der Waals surface area contributed by atoms with E-state index in [2.05, 4.69) is 10.5 Å². The average molecular weight is 438 g/mol. The highest BCUT2D eigenvalue weighted by Crippen LogP contribution is 2.28. The number of carbonyl (C=O) groups excluding carboxylic acids is 1. The minimum absolute atomic E-state index is 0.160. The second kappa shape index (κ2) is 8.12. The van der Waals surface area contributed by atoms with E-state index in [1.54, 1.807) is 43.3 Å². The van der Waals surface area contributed by atoms with Gasteiger partial charge in [0.25, 0.3) is 0 Å². The largest absolute Gasteiger partial charge is 0.478 e. The van der Waals surface area contributed by atoms with Crippen LogP contribution in [0.3, 0.4) is 0 Å². The molecule has 3 aromatic carbocycles. The molecule has 1 amide bonds. The first-order valence-corrected chi connectivity index (χ1v) is 10.2. The van der Waals surface area contributed by atoms with Crippen LogP contribution < -0.4 is 5.43 Å². The van der Waals surface area contributed by atoms with Crippen molar-refractivity contribution in [2.24, 2.45) is 5.10 Å². The second-order valence-corrected chi connectivity index (χ2v) is 7.55. The molecule has 0 bridgehead atoms. The molecule has 0 spiro atoms. The van der Waals surface area contributed by atoms with Gasteiger partial charge in [0.2, 0.25) is 0 Å². The van der Waals surface area contributed by atoms with Crippen molar-refractivity contribution in [3.63, 3.8) is 0 Å². The standard InChI is InChI=1S/C26H18N2O5/c1-15-12-17(6-9-19(15)26(30)31)22-11-8-18(32-22)14-27-28-25(29)24-13-21-20-5-3-2-4-16(20)7-10-23(21)33-24/h2-14H,1H3,(H,28,29)(H,30,31)/b27-14-. The Labute approximate surface area is 187 Å². The van der Waals surface area contributed by atoms with Gasteiger partial charge < -0.3 is 13.9 Å². The van der Waals surface area contributed by atoms with Gasteiger partial charge in [0.15, 0.2) is 5.76 Å². The summed E-state index contributed by atoms with van der Waals surface area (Å²) in [5, 5.41) is 16.1. The fourth-order valence-electron chi connectivity index (χ4n) is 3.75. The lowest BCUT2D eigenvalue weighted by Crippen LogP contribution is -2.16. The number of aryl methyl sites for hydroxylation is 1. The highest BCUT2D eigenvalue weighted by molar-refractivity contribution is 6.08. The highest BCUT2D eigenvalue weighted by Gasteiger charge is 2.14. The van der Waals surface area contributed by atoms with Gasteiger partial charge in [0.05, 0.1) is 11.8 Å². The van der Waals surface area contributed by atoms with Crippen LogP contribution >= 0.6 is 0 Å². The average Bonchev–Trinajstić information content (AvgIpc) is 3.46. The number of benzene rings is 3. The Balaban J connectivity index is 1.31. The van der Waals surface area contributed by atoms with Crippen molar-refractivity contribution in [1.82, 2.24) is 5.43 Å². The lowest BCUT2D eigenvalue weighted by Gasteiger charge is -2.03. The number of aromatic carboxylic acids is 1. The fraction of sp³-hybridized carbons (Fsp3) is 0.0385. The topological polar surface area (TPSA) is 105 Å². The van der Waals surface area contributed by atoms with Gasteiger partial charge in [-0.2, -0.15) is 5.10 Å². The minimum atomic E-state index is -0.973. The summed E-state index contributed by atoms with van der Waals surface area (Å²) in [5.41, 5.74) is 4.70. The molecule has 0 saturated heterocycles. The zero-order valence-corrected chi connectivity index (χ0v) is 17.5. The normalized spacial score (nSPS) is 11.4. The van der Waals surface area contributed by atoms with Gasteiger partial charge in [0, 0.05) is 10.9 Å². The number of carboxylic acid groups (broad SMARTS) is 1. The van der Waals surface area contributed by atoms with Crippen molar-refractivity contribution in [2.75, 3.05) is 0 Å². The first-order valence-electron chi connectivity index (χ1n) is 10.2. The lowest BCUT2D eigenvalue weighted by molar-refractivity contribution is 0.0696. The molecule has 0 aliphatic carbocycles. The first kappa shape index (κ1) is 20.3. The zero-order valence-electron chi connectivity index (χ0n) is 17.5. The highest BCUT2D eigenvalue weighted by atomic mass is 16.4. The van der Waals surface area contributed by atoms with E-state index in [0.717, 1.165) is 21.7 Å². The molecule has 0 radical (unpaired) electrons. The SMILES string of the molecule is Cc1cc(-c2ccc(/C=N\NC(=O)c3cc4c(ccc5ccccc54)o3)o2)ccc1C(=O)O. The third-order valence-electron chi connectivity index (χ3n) is 5.38. The minimum Gasteiger partial charge on any atom is -0.478 e. The van der Waals surface area contributed by atoms with Crippen molar-refractivity contribution >= 4 is 39.8 Å². The molecular weight excluding hydrogens is 420 g/mol. The summed E-state index contributed by atoms with van der Waals surface area (Å²) in [5.74, 6) is -0.293. The number of carbonyl (C=O) groups is 2. The summed E-state index contributed by atoms with van der Waals surface area (Å²) in [6.45, 7) is 1.73. The number of nitrogens with zero attached hydrogens (tertiary/aromatic N) is 1. The van der Waals surface area contributed by atoms with Crippen LogP contribution in [0.25, 0.3) is 33.1 Å². The smallest absolute Gasteiger partial charge is 0.335 e. The van der Waals surface area contributed by atoms with E-state index in [1.165, 1.54) is 6.21 Å². The van der Waals surface area contributed by atoms with E-state index in [0.29, 0.717) is 22.7 Å². The predicted octanol–water partition coefficient (Wildman–Crippen LogP) is 5.62. The van der Waals surface area contributed by atoms with E-state index in [-0.39, 0.29) is 11.3 Å². The molecule has 2 aromatic heterocycles. The molecule has 162 valence electrons. The summed E-state index contributed by atoms with van der Waals surface area (Å²) in [6, 6.07) is 21.8. The van der Waals surface area contributed by atoms with Gasteiger partial charge in [-0.05, 0) is 59.7 Å². The van der Waals surface area contributed by atoms with Gasteiger partial charge >= 0.3 is 11.9 Å². The summed E-state index contributed by atoms with van der Waals surface area (Å²) in [6.07, 6.45) is 1.39. The number of fused-ring (bicyclic) bond motifs is 3. The van der Waals surface area contributed by atoms with Crippen LogP contribution in [-0.4, -0.2) is 23.2 Å². The lowest BCUT2D eigenvalue weighted by atomic mass is 10.0. The Kier molecular flexibility index (Phi) is 4.99. The predicted molar refractivity (Wildman–Crippen MR) is 125 cm³/mol. The number of hydrazone groups is 1. The third kappa shape index (κ3) is 3.87. The van der Waals surface area contributed by atoms with E-state index in [1.807, 2.05) is 36.4 Å².